The van der Waals surface area contributed by atoms with Crippen molar-refractivity contribution in [2.45, 2.75) is 0 Å². The molecule has 0 bridgehead atoms. The minimum atomic E-state index is -0.590. The third kappa shape index (κ3) is 3.49. The molecule has 0 aliphatic heterocycles. The average molecular weight is 270 g/mol. The van der Waals surface area contributed by atoms with Crippen molar-refractivity contribution in [2.24, 2.45) is 5.16 Å². The van der Waals surface area contributed by atoms with Gasteiger partial charge >= 0.3 is 5.97 Å². The fourth-order valence-electron chi connectivity index (χ4n) is 1.48. The van der Waals surface area contributed by atoms with Gasteiger partial charge in [-0.25, -0.2) is 4.79 Å². The van der Waals surface area contributed by atoms with Crippen molar-refractivity contribution in [3.63, 3.8) is 0 Å². The lowest BCUT2D eigenvalue weighted by atomic mass is 10.2. The minimum Gasteiger partial charge on any atom is -0.313 e. The van der Waals surface area contributed by atoms with Crippen molar-refractivity contribution in [2.75, 3.05) is 0 Å². The van der Waals surface area contributed by atoms with Crippen LogP contribution in [0.4, 0.5) is 5.69 Å². The lowest BCUT2D eigenvalue weighted by Gasteiger charge is -1.97. The molecule has 6 heteroatoms. The summed E-state index contributed by atoms with van der Waals surface area (Å²) in [6.45, 7) is 0. The first-order chi connectivity index (χ1) is 9.66. The molecule has 0 saturated carbocycles. The van der Waals surface area contributed by atoms with Gasteiger partial charge in [0.25, 0.3) is 5.69 Å². The van der Waals surface area contributed by atoms with Gasteiger partial charge in [0.1, 0.15) is 0 Å². The first kappa shape index (κ1) is 13.4. The summed E-state index contributed by atoms with van der Waals surface area (Å²) in [5.41, 5.74) is 0.798. The summed E-state index contributed by atoms with van der Waals surface area (Å²) in [4.78, 5) is 26.3. The van der Waals surface area contributed by atoms with E-state index in [2.05, 4.69) is 5.16 Å². The van der Waals surface area contributed by atoms with E-state index in [-0.39, 0.29) is 5.69 Å². The number of hydrogen-bond acceptors (Lipinski definition) is 5. The monoisotopic (exact) mass is 270 g/mol. The Balaban J connectivity index is 2.02. The highest BCUT2D eigenvalue weighted by atomic mass is 16.7. The van der Waals surface area contributed by atoms with Crippen molar-refractivity contribution >= 4 is 17.9 Å². The predicted octanol–water partition coefficient (Wildman–Crippen LogP) is 2.79. The number of carbonyl (C=O) groups is 1. The number of non-ortho nitro benzene ring substituents is 1. The number of rotatable bonds is 4. The Morgan fingerprint density at radius 3 is 2.60 bits per heavy atom. The quantitative estimate of drug-likeness (QED) is 0.370. The van der Waals surface area contributed by atoms with Gasteiger partial charge in [-0.3, -0.25) is 10.1 Å². The molecule has 0 aliphatic rings. The Morgan fingerprint density at radius 2 is 1.90 bits per heavy atom. The lowest BCUT2D eigenvalue weighted by molar-refractivity contribution is -0.384. The molecule has 100 valence electrons. The zero-order chi connectivity index (χ0) is 14.4. The Morgan fingerprint density at radius 1 is 1.15 bits per heavy atom. The highest BCUT2D eigenvalue weighted by molar-refractivity contribution is 5.90. The van der Waals surface area contributed by atoms with Crippen LogP contribution in [0.25, 0.3) is 0 Å². The topological polar surface area (TPSA) is 81.8 Å². The van der Waals surface area contributed by atoms with Crippen molar-refractivity contribution in [1.29, 1.82) is 0 Å². The molecule has 0 amide bonds. The Hall–Kier alpha value is -3.02. The third-order valence-electron chi connectivity index (χ3n) is 2.43. The summed E-state index contributed by atoms with van der Waals surface area (Å²) in [5.74, 6) is -0.590. The molecule has 0 fully saturated rings. The molecule has 2 aromatic carbocycles. The van der Waals surface area contributed by atoms with Crippen LogP contribution in [0.1, 0.15) is 15.9 Å². The van der Waals surface area contributed by atoms with Crippen molar-refractivity contribution in [3.05, 3.63) is 75.8 Å². The second kappa shape index (κ2) is 6.24. The maximum atomic E-state index is 11.6. The molecule has 2 aromatic rings. The van der Waals surface area contributed by atoms with E-state index in [4.69, 9.17) is 4.84 Å². The van der Waals surface area contributed by atoms with Crippen LogP contribution >= 0.6 is 0 Å². The van der Waals surface area contributed by atoms with Crippen LogP contribution in [0.5, 0.6) is 0 Å². The molecule has 2 rings (SSSR count). The third-order valence-corrected chi connectivity index (χ3v) is 2.43. The summed E-state index contributed by atoms with van der Waals surface area (Å²) in [6, 6.07) is 14.2. The number of nitro benzene ring substituents is 1. The van der Waals surface area contributed by atoms with Crippen LogP contribution in [-0.2, 0) is 4.84 Å². The Labute approximate surface area is 114 Å². The van der Waals surface area contributed by atoms with Crippen molar-refractivity contribution < 1.29 is 14.6 Å². The highest BCUT2D eigenvalue weighted by Crippen LogP contribution is 2.11. The molecule has 0 radical (unpaired) electrons. The Kier molecular flexibility index (Phi) is 4.18. The van der Waals surface area contributed by atoms with E-state index in [0.29, 0.717) is 11.1 Å². The fraction of sp³-hybridized carbons (Fsp3) is 0. The van der Waals surface area contributed by atoms with E-state index in [9.17, 15) is 14.9 Å². The predicted molar refractivity (Wildman–Crippen MR) is 72.5 cm³/mol. The maximum absolute atomic E-state index is 11.6. The maximum Gasteiger partial charge on any atom is 0.365 e. The summed E-state index contributed by atoms with van der Waals surface area (Å²) < 4.78 is 0. The standard InChI is InChI=1S/C14H10N2O4/c17-14(12-6-2-1-3-7-12)20-15-10-11-5-4-8-13(9-11)16(18)19/h1-10H/b15-10-. The summed E-state index contributed by atoms with van der Waals surface area (Å²) in [5, 5.41) is 14.1. The van der Waals surface area contributed by atoms with E-state index in [1.54, 1.807) is 36.4 Å². The van der Waals surface area contributed by atoms with Gasteiger partial charge in [0.05, 0.1) is 16.7 Å². The first-order valence-corrected chi connectivity index (χ1v) is 5.71. The molecular weight excluding hydrogens is 260 g/mol. The molecule has 20 heavy (non-hydrogen) atoms. The molecule has 0 atom stereocenters. The van der Waals surface area contributed by atoms with E-state index >= 15 is 0 Å². The van der Waals surface area contributed by atoms with E-state index in [1.807, 2.05) is 0 Å². The minimum absolute atomic E-state index is 0.0525. The van der Waals surface area contributed by atoms with Gasteiger partial charge < -0.3 is 4.84 Å². The normalized spacial score (nSPS) is 10.4. The van der Waals surface area contributed by atoms with Gasteiger partial charge in [0, 0.05) is 17.7 Å². The summed E-state index contributed by atoms with van der Waals surface area (Å²) >= 11 is 0. The number of hydrogen-bond donors (Lipinski definition) is 0. The largest absolute Gasteiger partial charge is 0.365 e. The number of nitrogens with zero attached hydrogens (tertiary/aromatic N) is 2. The van der Waals surface area contributed by atoms with Gasteiger partial charge in [-0.15, -0.1) is 0 Å². The number of nitro groups is 1. The fourth-order valence-corrected chi connectivity index (χ4v) is 1.48. The summed E-state index contributed by atoms with van der Waals surface area (Å²) in [6.07, 6.45) is 1.24. The van der Waals surface area contributed by atoms with Gasteiger partial charge in [0.15, 0.2) is 0 Å². The van der Waals surface area contributed by atoms with E-state index in [0.717, 1.165) is 0 Å². The number of benzene rings is 2. The molecule has 0 aliphatic carbocycles. The zero-order valence-electron chi connectivity index (χ0n) is 10.3. The molecule has 6 nitrogen and oxygen atoms in total. The molecule has 0 spiro atoms. The number of carbonyl (C=O) groups excluding carboxylic acids is 1. The van der Waals surface area contributed by atoms with Crippen molar-refractivity contribution in [1.82, 2.24) is 0 Å². The van der Waals surface area contributed by atoms with Gasteiger partial charge in [-0.2, -0.15) is 0 Å². The lowest BCUT2D eigenvalue weighted by Crippen LogP contribution is -2.00. The Bertz CT molecular complexity index is 653. The number of oxime groups is 1. The second-order valence-corrected chi connectivity index (χ2v) is 3.83. The van der Waals surface area contributed by atoms with Gasteiger partial charge in [-0.1, -0.05) is 35.5 Å². The van der Waals surface area contributed by atoms with Crippen LogP contribution in [0.15, 0.2) is 59.8 Å². The molecule has 0 heterocycles. The van der Waals surface area contributed by atoms with Crippen LogP contribution in [0.2, 0.25) is 0 Å². The van der Waals surface area contributed by atoms with Gasteiger partial charge in [0.2, 0.25) is 0 Å². The van der Waals surface area contributed by atoms with Crippen LogP contribution in [-0.4, -0.2) is 17.1 Å². The van der Waals surface area contributed by atoms with Gasteiger partial charge in [-0.05, 0) is 12.1 Å². The van der Waals surface area contributed by atoms with E-state index in [1.165, 1.54) is 24.4 Å². The smallest absolute Gasteiger partial charge is 0.313 e. The second-order valence-electron chi connectivity index (χ2n) is 3.83. The zero-order valence-corrected chi connectivity index (χ0v) is 10.3. The molecule has 0 unspecified atom stereocenters. The van der Waals surface area contributed by atoms with Crippen molar-refractivity contribution in [3.8, 4) is 0 Å². The van der Waals surface area contributed by atoms with Crippen LogP contribution in [0.3, 0.4) is 0 Å². The molecule has 0 N–H and O–H groups in total. The molecular formula is C14H10N2O4. The SMILES string of the molecule is O=C(O/N=C\c1cccc([N+](=O)[O-])c1)c1ccccc1. The highest BCUT2D eigenvalue weighted by Gasteiger charge is 2.06. The average Bonchev–Trinajstić information content (AvgIpc) is 2.48. The molecule has 0 saturated heterocycles. The summed E-state index contributed by atoms with van der Waals surface area (Å²) in [7, 11) is 0. The van der Waals surface area contributed by atoms with Crippen LogP contribution < -0.4 is 0 Å². The van der Waals surface area contributed by atoms with Crippen LogP contribution in [0, 0.1) is 10.1 Å². The first-order valence-electron chi connectivity index (χ1n) is 5.71. The van der Waals surface area contributed by atoms with E-state index < -0.39 is 10.9 Å². The molecule has 0 aromatic heterocycles.